The largest absolute Gasteiger partial charge is 0.378 e. The lowest BCUT2D eigenvalue weighted by Gasteiger charge is -2.27. The van der Waals surface area contributed by atoms with Crippen molar-refractivity contribution >= 4 is 29.1 Å². The molecular weight excluding hydrogens is 368 g/mol. The number of morpholine rings is 1. The number of benzene rings is 1. The van der Waals surface area contributed by atoms with Gasteiger partial charge in [0.15, 0.2) is 0 Å². The number of aromatic nitrogens is 2. The third kappa shape index (κ3) is 4.67. The smallest absolute Gasteiger partial charge is 0.255 e. The first kappa shape index (κ1) is 19.4. The molecule has 27 heavy (non-hydrogen) atoms. The SMILES string of the molecule is Cc1nc(N2CCOCC2)[nH]c(=O)c1CCC(=O)Nc1cccc(Cl)c1C. The number of hydrogen-bond donors (Lipinski definition) is 2. The topological polar surface area (TPSA) is 87.3 Å². The number of carbonyl (C=O) groups excluding carboxylic acids is 1. The maximum atomic E-state index is 12.5. The quantitative estimate of drug-likeness (QED) is 0.818. The highest BCUT2D eigenvalue weighted by Gasteiger charge is 2.17. The zero-order valence-electron chi connectivity index (χ0n) is 15.5. The molecule has 8 heteroatoms. The Balaban J connectivity index is 1.66. The Morgan fingerprint density at radius 3 is 2.78 bits per heavy atom. The molecule has 0 saturated carbocycles. The summed E-state index contributed by atoms with van der Waals surface area (Å²) in [5.41, 5.74) is 2.48. The summed E-state index contributed by atoms with van der Waals surface area (Å²) >= 11 is 6.07. The second-order valence-electron chi connectivity index (χ2n) is 6.51. The molecule has 1 aliphatic heterocycles. The van der Waals surface area contributed by atoms with E-state index in [1.165, 1.54) is 0 Å². The van der Waals surface area contributed by atoms with Crippen LogP contribution in [0.25, 0.3) is 0 Å². The number of anilines is 2. The molecule has 7 nitrogen and oxygen atoms in total. The molecule has 1 aromatic heterocycles. The highest BCUT2D eigenvalue weighted by Crippen LogP contribution is 2.23. The fourth-order valence-electron chi connectivity index (χ4n) is 3.01. The van der Waals surface area contributed by atoms with Gasteiger partial charge in [-0.05, 0) is 38.0 Å². The van der Waals surface area contributed by atoms with E-state index in [0.717, 1.165) is 5.56 Å². The summed E-state index contributed by atoms with van der Waals surface area (Å²) in [6.45, 7) is 6.28. The number of aryl methyl sites for hydroxylation is 1. The number of rotatable bonds is 5. The number of aromatic amines is 1. The first-order valence-corrected chi connectivity index (χ1v) is 9.31. The van der Waals surface area contributed by atoms with Crippen LogP contribution in [0.3, 0.4) is 0 Å². The van der Waals surface area contributed by atoms with Crippen molar-refractivity contribution < 1.29 is 9.53 Å². The van der Waals surface area contributed by atoms with Crippen molar-refractivity contribution in [1.82, 2.24) is 9.97 Å². The monoisotopic (exact) mass is 390 g/mol. The van der Waals surface area contributed by atoms with Gasteiger partial charge in [-0.3, -0.25) is 14.6 Å². The first-order chi connectivity index (χ1) is 13.0. The van der Waals surface area contributed by atoms with E-state index in [4.69, 9.17) is 16.3 Å². The molecule has 1 amide bonds. The summed E-state index contributed by atoms with van der Waals surface area (Å²) in [4.78, 5) is 34.1. The molecule has 1 saturated heterocycles. The molecule has 1 aliphatic rings. The summed E-state index contributed by atoms with van der Waals surface area (Å²) in [5, 5.41) is 3.45. The maximum Gasteiger partial charge on any atom is 0.255 e. The first-order valence-electron chi connectivity index (χ1n) is 8.93. The van der Waals surface area contributed by atoms with E-state index in [2.05, 4.69) is 15.3 Å². The number of nitrogens with one attached hydrogen (secondary N) is 2. The summed E-state index contributed by atoms with van der Waals surface area (Å²) in [7, 11) is 0. The molecule has 0 unspecified atom stereocenters. The maximum absolute atomic E-state index is 12.5. The number of nitrogens with zero attached hydrogens (tertiary/aromatic N) is 2. The second-order valence-corrected chi connectivity index (χ2v) is 6.92. The number of halogens is 1. The van der Waals surface area contributed by atoms with Gasteiger partial charge in [0.2, 0.25) is 11.9 Å². The summed E-state index contributed by atoms with van der Waals surface area (Å²) < 4.78 is 5.32. The summed E-state index contributed by atoms with van der Waals surface area (Å²) in [6.07, 6.45) is 0.511. The Morgan fingerprint density at radius 1 is 1.33 bits per heavy atom. The predicted octanol–water partition coefficient (Wildman–Crippen LogP) is 2.45. The van der Waals surface area contributed by atoms with Gasteiger partial charge in [-0.2, -0.15) is 0 Å². The third-order valence-electron chi connectivity index (χ3n) is 4.66. The van der Waals surface area contributed by atoms with Gasteiger partial charge in [-0.25, -0.2) is 4.98 Å². The van der Waals surface area contributed by atoms with Crippen molar-refractivity contribution in [2.45, 2.75) is 26.7 Å². The van der Waals surface area contributed by atoms with Gasteiger partial charge in [0.05, 0.1) is 13.2 Å². The summed E-state index contributed by atoms with van der Waals surface area (Å²) in [6, 6.07) is 5.36. The molecule has 0 aliphatic carbocycles. The lowest BCUT2D eigenvalue weighted by Crippen LogP contribution is -2.38. The van der Waals surface area contributed by atoms with Crippen molar-refractivity contribution in [3.63, 3.8) is 0 Å². The van der Waals surface area contributed by atoms with Crippen molar-refractivity contribution in [3.8, 4) is 0 Å². The van der Waals surface area contributed by atoms with Crippen LogP contribution in [0.4, 0.5) is 11.6 Å². The molecule has 2 heterocycles. The zero-order chi connectivity index (χ0) is 19.4. The van der Waals surface area contributed by atoms with Crippen LogP contribution < -0.4 is 15.8 Å². The zero-order valence-corrected chi connectivity index (χ0v) is 16.2. The highest BCUT2D eigenvalue weighted by molar-refractivity contribution is 6.31. The average molecular weight is 391 g/mol. The van der Waals surface area contributed by atoms with Crippen molar-refractivity contribution in [2.24, 2.45) is 0 Å². The normalized spacial score (nSPS) is 14.3. The Bertz CT molecular complexity index is 891. The van der Waals surface area contributed by atoms with Crippen LogP contribution in [0, 0.1) is 13.8 Å². The van der Waals surface area contributed by atoms with E-state index in [-0.39, 0.29) is 17.9 Å². The minimum absolute atomic E-state index is 0.170. The Labute approximate surface area is 162 Å². The standard InChI is InChI=1S/C19H23ClN4O3/c1-12-15(20)4-3-5-16(12)22-17(25)7-6-14-13(2)21-19(23-18(14)26)24-8-10-27-11-9-24/h3-5H,6-11H2,1-2H3,(H,22,25)(H,21,23,26). The van der Waals surface area contributed by atoms with E-state index in [1.54, 1.807) is 25.1 Å². The predicted molar refractivity (Wildman–Crippen MR) is 106 cm³/mol. The van der Waals surface area contributed by atoms with Crippen LogP contribution in [-0.4, -0.2) is 42.2 Å². The van der Waals surface area contributed by atoms with Gasteiger partial charge in [0.1, 0.15) is 0 Å². The number of hydrogen-bond acceptors (Lipinski definition) is 5. The van der Waals surface area contributed by atoms with Crippen LogP contribution >= 0.6 is 11.6 Å². The minimum atomic E-state index is -0.198. The van der Waals surface area contributed by atoms with Gasteiger partial charge in [-0.15, -0.1) is 0 Å². The molecule has 1 aromatic carbocycles. The molecule has 144 valence electrons. The van der Waals surface area contributed by atoms with Gasteiger partial charge in [0, 0.05) is 41.5 Å². The highest BCUT2D eigenvalue weighted by atomic mass is 35.5. The summed E-state index contributed by atoms with van der Waals surface area (Å²) in [5.74, 6) is 0.389. The van der Waals surface area contributed by atoms with Crippen molar-refractivity contribution in [1.29, 1.82) is 0 Å². The molecular formula is C19H23ClN4O3. The number of H-pyrrole nitrogens is 1. The Hall–Kier alpha value is -2.38. The van der Waals surface area contributed by atoms with Gasteiger partial charge in [0.25, 0.3) is 5.56 Å². The van der Waals surface area contributed by atoms with E-state index in [1.807, 2.05) is 11.8 Å². The van der Waals surface area contributed by atoms with Gasteiger partial charge >= 0.3 is 0 Å². The minimum Gasteiger partial charge on any atom is -0.378 e. The van der Waals surface area contributed by atoms with E-state index >= 15 is 0 Å². The van der Waals surface area contributed by atoms with E-state index < -0.39 is 0 Å². The molecule has 3 rings (SSSR count). The molecule has 0 bridgehead atoms. The molecule has 0 atom stereocenters. The second kappa shape index (κ2) is 8.54. The lowest BCUT2D eigenvalue weighted by atomic mass is 10.1. The Morgan fingerprint density at radius 2 is 2.07 bits per heavy atom. The number of carbonyl (C=O) groups is 1. The van der Waals surface area contributed by atoms with Crippen molar-refractivity contribution in [2.75, 3.05) is 36.5 Å². The molecule has 0 radical (unpaired) electrons. The van der Waals surface area contributed by atoms with Gasteiger partial charge < -0.3 is 15.0 Å². The van der Waals surface area contributed by atoms with E-state index in [0.29, 0.717) is 60.6 Å². The van der Waals surface area contributed by atoms with Crippen LogP contribution in [0.1, 0.15) is 23.2 Å². The number of amides is 1. The average Bonchev–Trinajstić information content (AvgIpc) is 2.65. The van der Waals surface area contributed by atoms with Crippen molar-refractivity contribution in [3.05, 3.63) is 50.4 Å². The Kier molecular flexibility index (Phi) is 6.13. The number of ether oxygens (including phenoxy) is 1. The third-order valence-corrected chi connectivity index (χ3v) is 5.07. The van der Waals surface area contributed by atoms with E-state index in [9.17, 15) is 9.59 Å². The molecule has 2 aromatic rings. The molecule has 1 fully saturated rings. The molecule has 2 N–H and O–H groups in total. The fourth-order valence-corrected chi connectivity index (χ4v) is 3.18. The van der Waals surface area contributed by atoms with Gasteiger partial charge in [-0.1, -0.05) is 17.7 Å². The molecule has 0 spiro atoms. The van der Waals surface area contributed by atoms with Crippen LogP contribution in [-0.2, 0) is 16.0 Å². The van der Waals surface area contributed by atoms with Crippen LogP contribution in [0.15, 0.2) is 23.0 Å². The lowest BCUT2D eigenvalue weighted by molar-refractivity contribution is -0.116. The fraction of sp³-hybridized carbons (Fsp3) is 0.421. The van der Waals surface area contributed by atoms with Crippen LogP contribution in [0.5, 0.6) is 0 Å². The van der Waals surface area contributed by atoms with Crippen LogP contribution in [0.2, 0.25) is 5.02 Å².